The summed E-state index contributed by atoms with van der Waals surface area (Å²) in [4.78, 5) is 3.55. The summed E-state index contributed by atoms with van der Waals surface area (Å²) in [7, 11) is -2.17. The van der Waals surface area contributed by atoms with E-state index in [4.69, 9.17) is 15.1 Å². The van der Waals surface area contributed by atoms with Gasteiger partial charge in [0.15, 0.2) is 0 Å². The van der Waals surface area contributed by atoms with Crippen LogP contribution in [0.1, 0.15) is 0 Å². The molecule has 0 aliphatic rings. The lowest BCUT2D eigenvalue weighted by atomic mass is 10.0. The average Bonchev–Trinajstić information content (AvgIpc) is 2.94. The van der Waals surface area contributed by atoms with E-state index < -0.39 is 7.32 Å². The minimum Gasteiger partial charge on any atom is -0.402 e. The van der Waals surface area contributed by atoms with Crippen LogP contribution >= 0.6 is 0 Å². The Hall–Kier alpha value is -2.60. The van der Waals surface area contributed by atoms with Gasteiger partial charge in [0.1, 0.15) is 0 Å². The van der Waals surface area contributed by atoms with Gasteiger partial charge in [0.2, 0.25) is 0 Å². The SMILES string of the molecule is OB(O)O.c1ccc(-c2cccc3c2[nH]c2ccccc23)cc1. The van der Waals surface area contributed by atoms with Crippen LogP contribution in [0.15, 0.2) is 72.8 Å². The minimum atomic E-state index is -2.17. The van der Waals surface area contributed by atoms with E-state index in [0.29, 0.717) is 0 Å². The third-order valence-corrected chi connectivity index (χ3v) is 3.63. The molecule has 4 rings (SSSR count). The van der Waals surface area contributed by atoms with E-state index in [9.17, 15) is 0 Å². The Bertz CT molecular complexity index is 917. The Morgan fingerprint density at radius 1 is 0.652 bits per heavy atom. The molecule has 4 N–H and O–H groups in total. The summed E-state index contributed by atoms with van der Waals surface area (Å²) in [5, 5.41) is 24.1. The highest BCUT2D eigenvalue weighted by Crippen LogP contribution is 2.32. The van der Waals surface area contributed by atoms with Gasteiger partial charge >= 0.3 is 7.32 Å². The Morgan fingerprint density at radius 3 is 2.00 bits per heavy atom. The summed E-state index contributed by atoms with van der Waals surface area (Å²) in [6, 6.07) is 25.5. The molecule has 4 aromatic rings. The van der Waals surface area contributed by atoms with E-state index in [1.807, 2.05) is 0 Å². The van der Waals surface area contributed by atoms with Crippen molar-refractivity contribution in [2.45, 2.75) is 0 Å². The number of aromatic nitrogens is 1. The summed E-state index contributed by atoms with van der Waals surface area (Å²) >= 11 is 0. The molecule has 3 aromatic carbocycles. The van der Waals surface area contributed by atoms with E-state index in [2.05, 4.69) is 77.8 Å². The topological polar surface area (TPSA) is 76.5 Å². The molecule has 5 heteroatoms. The summed E-state index contributed by atoms with van der Waals surface area (Å²) < 4.78 is 0. The largest absolute Gasteiger partial charge is 0.631 e. The van der Waals surface area contributed by atoms with Crippen LogP contribution in [0, 0.1) is 0 Å². The molecule has 0 fully saturated rings. The summed E-state index contributed by atoms with van der Waals surface area (Å²) in [5.74, 6) is 0. The molecule has 0 saturated heterocycles. The van der Waals surface area contributed by atoms with Crippen molar-refractivity contribution in [3.05, 3.63) is 72.8 Å². The number of aromatic amines is 1. The van der Waals surface area contributed by atoms with E-state index >= 15 is 0 Å². The molecule has 0 spiro atoms. The quantitative estimate of drug-likeness (QED) is 0.408. The Kier molecular flexibility index (Phi) is 4.44. The average molecular weight is 305 g/mol. The Balaban J connectivity index is 0.000000354. The third-order valence-electron chi connectivity index (χ3n) is 3.63. The number of hydrogen-bond donors (Lipinski definition) is 4. The first-order valence-electron chi connectivity index (χ1n) is 7.26. The van der Waals surface area contributed by atoms with Crippen LogP contribution in [-0.4, -0.2) is 27.4 Å². The van der Waals surface area contributed by atoms with Gasteiger partial charge in [-0.1, -0.05) is 66.7 Å². The number of hydrogen-bond acceptors (Lipinski definition) is 3. The Labute approximate surface area is 133 Å². The van der Waals surface area contributed by atoms with Crippen LogP contribution in [0.2, 0.25) is 0 Å². The second kappa shape index (κ2) is 6.66. The fourth-order valence-corrected chi connectivity index (χ4v) is 2.73. The van der Waals surface area contributed by atoms with Crippen molar-refractivity contribution in [1.29, 1.82) is 0 Å². The van der Waals surface area contributed by atoms with Crippen molar-refractivity contribution in [3.8, 4) is 11.1 Å². The molecule has 0 aliphatic heterocycles. The molecule has 0 amide bonds. The summed E-state index contributed by atoms with van der Waals surface area (Å²) in [5.41, 5.74) is 4.92. The maximum atomic E-state index is 7.17. The monoisotopic (exact) mass is 305 g/mol. The molecule has 0 aliphatic carbocycles. The van der Waals surface area contributed by atoms with Crippen molar-refractivity contribution in [2.24, 2.45) is 0 Å². The van der Waals surface area contributed by atoms with E-state index in [1.54, 1.807) is 0 Å². The van der Waals surface area contributed by atoms with Gasteiger partial charge in [-0.2, -0.15) is 0 Å². The van der Waals surface area contributed by atoms with Crippen LogP contribution in [0.5, 0.6) is 0 Å². The smallest absolute Gasteiger partial charge is 0.402 e. The van der Waals surface area contributed by atoms with Crippen molar-refractivity contribution in [2.75, 3.05) is 0 Å². The zero-order chi connectivity index (χ0) is 16.2. The minimum absolute atomic E-state index is 1.20. The van der Waals surface area contributed by atoms with Crippen molar-refractivity contribution in [1.82, 2.24) is 4.98 Å². The highest BCUT2D eigenvalue weighted by atomic mass is 16.5. The first-order chi connectivity index (χ1) is 11.2. The normalized spacial score (nSPS) is 10.4. The maximum Gasteiger partial charge on any atom is 0.631 e. The molecule has 114 valence electrons. The third kappa shape index (κ3) is 3.27. The van der Waals surface area contributed by atoms with Crippen molar-refractivity contribution >= 4 is 29.1 Å². The van der Waals surface area contributed by atoms with Crippen molar-refractivity contribution in [3.63, 3.8) is 0 Å². The molecule has 23 heavy (non-hydrogen) atoms. The van der Waals surface area contributed by atoms with Crippen LogP contribution in [-0.2, 0) is 0 Å². The molecule has 1 heterocycles. The lowest BCUT2D eigenvalue weighted by molar-refractivity contribution is 0.278. The lowest BCUT2D eigenvalue weighted by Gasteiger charge is -2.03. The highest BCUT2D eigenvalue weighted by Gasteiger charge is 2.08. The standard InChI is InChI=1S/C18H13N.BH3O3/c1-2-7-13(8-3-1)14-10-6-11-16-15-9-4-5-12-17(15)19-18(14)16;2-1(3)4/h1-12,19H;2-4H. The molecule has 0 bridgehead atoms. The molecule has 0 unspecified atom stereocenters. The molecule has 0 radical (unpaired) electrons. The number of benzene rings is 3. The van der Waals surface area contributed by atoms with Crippen molar-refractivity contribution < 1.29 is 15.1 Å². The van der Waals surface area contributed by atoms with Gasteiger partial charge in [-0.25, -0.2) is 0 Å². The maximum absolute atomic E-state index is 7.17. The number of nitrogens with one attached hydrogen (secondary N) is 1. The van der Waals surface area contributed by atoms with E-state index in [0.717, 1.165) is 0 Å². The molecule has 4 nitrogen and oxygen atoms in total. The Morgan fingerprint density at radius 2 is 1.26 bits per heavy atom. The molecule has 0 saturated carbocycles. The molecular formula is C18H16BNO3. The first-order valence-corrected chi connectivity index (χ1v) is 7.26. The zero-order valence-electron chi connectivity index (χ0n) is 12.3. The van der Waals surface area contributed by atoms with Gasteiger partial charge in [0, 0.05) is 21.9 Å². The summed E-state index contributed by atoms with van der Waals surface area (Å²) in [6.45, 7) is 0. The van der Waals surface area contributed by atoms with Crippen LogP contribution < -0.4 is 0 Å². The number of H-pyrrole nitrogens is 1. The lowest BCUT2D eigenvalue weighted by Crippen LogP contribution is -2.07. The van der Waals surface area contributed by atoms with Gasteiger partial charge in [-0.3, -0.25) is 0 Å². The van der Waals surface area contributed by atoms with Gasteiger partial charge in [-0.05, 0) is 11.6 Å². The first kappa shape index (κ1) is 15.3. The predicted octanol–water partition coefficient (Wildman–Crippen LogP) is 2.94. The number of para-hydroxylation sites is 2. The van der Waals surface area contributed by atoms with Crippen LogP contribution in [0.3, 0.4) is 0 Å². The molecule has 0 atom stereocenters. The van der Waals surface area contributed by atoms with Crippen LogP contribution in [0.4, 0.5) is 0 Å². The van der Waals surface area contributed by atoms with Gasteiger partial charge in [-0.15, -0.1) is 0 Å². The highest BCUT2D eigenvalue weighted by molar-refractivity contribution is 6.30. The number of fused-ring (bicyclic) bond motifs is 3. The van der Waals surface area contributed by atoms with E-state index in [1.165, 1.54) is 32.9 Å². The number of rotatable bonds is 1. The van der Waals surface area contributed by atoms with Gasteiger partial charge < -0.3 is 20.1 Å². The van der Waals surface area contributed by atoms with Gasteiger partial charge in [0.25, 0.3) is 0 Å². The van der Waals surface area contributed by atoms with E-state index in [-0.39, 0.29) is 0 Å². The zero-order valence-corrected chi connectivity index (χ0v) is 12.3. The molecular weight excluding hydrogens is 289 g/mol. The second-order valence-electron chi connectivity index (χ2n) is 5.11. The fourth-order valence-electron chi connectivity index (χ4n) is 2.73. The predicted molar refractivity (Wildman–Crippen MR) is 93.7 cm³/mol. The van der Waals surface area contributed by atoms with Crippen LogP contribution in [0.25, 0.3) is 32.9 Å². The van der Waals surface area contributed by atoms with Gasteiger partial charge in [0.05, 0.1) is 5.52 Å². The second-order valence-corrected chi connectivity index (χ2v) is 5.11. The molecule has 1 aromatic heterocycles. The summed E-state index contributed by atoms with van der Waals surface area (Å²) in [6.07, 6.45) is 0. The fraction of sp³-hybridized carbons (Fsp3) is 0.